The summed E-state index contributed by atoms with van der Waals surface area (Å²) in [5, 5.41) is 7.75. The highest BCUT2D eigenvalue weighted by molar-refractivity contribution is 8.00. The summed E-state index contributed by atoms with van der Waals surface area (Å²) in [6, 6.07) is -0.0834. The van der Waals surface area contributed by atoms with Crippen molar-refractivity contribution in [3.8, 4) is 0 Å². The van der Waals surface area contributed by atoms with Crippen LogP contribution in [0.1, 0.15) is 5.89 Å². The van der Waals surface area contributed by atoms with Gasteiger partial charge in [-0.3, -0.25) is 5.32 Å². The molecule has 0 spiro atoms. The van der Waals surface area contributed by atoms with E-state index in [9.17, 15) is 4.79 Å². The fourth-order valence-corrected chi connectivity index (χ4v) is 4.87. The third kappa shape index (κ3) is 5.06. The maximum atomic E-state index is 12.2. The second kappa shape index (κ2) is 7.90. The molecule has 3 rings (SSSR count). The van der Waals surface area contributed by atoms with Gasteiger partial charge in [-0.15, -0.1) is 11.8 Å². The van der Waals surface area contributed by atoms with E-state index < -0.39 is 8.07 Å². The lowest BCUT2D eigenvalue weighted by molar-refractivity contribution is 0.204. The van der Waals surface area contributed by atoms with Gasteiger partial charge in [-0.05, 0) is 0 Å². The summed E-state index contributed by atoms with van der Waals surface area (Å²) < 4.78 is 6.88. The van der Waals surface area contributed by atoms with Crippen LogP contribution < -0.4 is 16.0 Å². The number of nitrogens with zero attached hydrogens (tertiary/aromatic N) is 3. The lowest BCUT2D eigenvalue weighted by Gasteiger charge is -2.26. The summed E-state index contributed by atoms with van der Waals surface area (Å²) in [6.45, 7) is 9.83. The molecule has 2 amide bonds. The predicted molar refractivity (Wildman–Crippen MR) is 105 cm³/mol. The molecule has 136 valence electrons. The molecule has 2 N–H and O–H groups in total. The summed E-state index contributed by atoms with van der Waals surface area (Å²) in [5.74, 6) is 1.40. The number of carbonyl (C=O) groups is 1. The molecule has 0 bridgehead atoms. The molecule has 1 aliphatic rings. The quantitative estimate of drug-likeness (QED) is 0.595. The number of aromatic nitrogens is 2. The van der Waals surface area contributed by atoms with Crippen LogP contribution in [0, 0.1) is 0 Å². The number of nitrogens with one attached hydrogen (secondary N) is 2. The van der Waals surface area contributed by atoms with E-state index in [1.54, 1.807) is 22.9 Å². The molecule has 1 fully saturated rings. The van der Waals surface area contributed by atoms with Gasteiger partial charge in [0.05, 0.1) is 22.4 Å². The van der Waals surface area contributed by atoms with E-state index in [4.69, 9.17) is 4.42 Å². The Morgan fingerprint density at radius 1 is 1.36 bits per heavy atom. The zero-order chi connectivity index (χ0) is 17.9. The maximum Gasteiger partial charge on any atom is 0.323 e. The van der Waals surface area contributed by atoms with E-state index in [1.807, 2.05) is 6.20 Å². The summed E-state index contributed by atoms with van der Waals surface area (Å²) in [5.41, 5.74) is 0. The zero-order valence-corrected chi connectivity index (χ0v) is 17.3. The predicted octanol–water partition coefficient (Wildman–Crippen LogP) is 2.41. The number of rotatable bonds is 5. The van der Waals surface area contributed by atoms with E-state index in [0.29, 0.717) is 10.9 Å². The van der Waals surface area contributed by atoms with Gasteiger partial charge in [0.2, 0.25) is 5.89 Å². The first-order chi connectivity index (χ1) is 11.9. The SMILES string of the molecule is C[Si](C)(C)c1cnc(CSc2cnc(NC(=O)N3CCNCC3)s2)o1. The van der Waals surface area contributed by atoms with Crippen LogP contribution in [0.25, 0.3) is 0 Å². The largest absolute Gasteiger partial charge is 0.450 e. The molecular weight excluding hydrogens is 374 g/mol. The molecule has 0 radical (unpaired) electrons. The number of anilines is 1. The summed E-state index contributed by atoms with van der Waals surface area (Å²) in [6.07, 6.45) is 3.64. The number of amides is 2. The smallest absolute Gasteiger partial charge is 0.323 e. The van der Waals surface area contributed by atoms with Crippen LogP contribution in [-0.2, 0) is 5.75 Å². The van der Waals surface area contributed by atoms with Crippen molar-refractivity contribution >= 4 is 47.7 Å². The molecule has 1 aliphatic heterocycles. The Hall–Kier alpha value is -1.36. The Labute approximate surface area is 156 Å². The molecule has 2 aromatic rings. The van der Waals surface area contributed by atoms with Gasteiger partial charge in [0.25, 0.3) is 0 Å². The number of urea groups is 1. The van der Waals surface area contributed by atoms with Crippen LogP contribution >= 0.6 is 23.1 Å². The van der Waals surface area contributed by atoms with Crippen molar-refractivity contribution in [1.82, 2.24) is 20.2 Å². The van der Waals surface area contributed by atoms with Gasteiger partial charge in [0.15, 0.2) is 5.13 Å². The number of hydrogen-bond donors (Lipinski definition) is 2. The minimum Gasteiger partial charge on any atom is -0.450 e. The molecular formula is C15H23N5O2S2Si. The van der Waals surface area contributed by atoms with Crippen molar-refractivity contribution < 1.29 is 9.21 Å². The monoisotopic (exact) mass is 397 g/mol. The summed E-state index contributed by atoms with van der Waals surface area (Å²) in [7, 11) is -1.46. The number of oxazole rings is 1. The third-order valence-electron chi connectivity index (χ3n) is 3.73. The number of piperazine rings is 1. The number of carbonyl (C=O) groups excluding carboxylic acids is 1. The van der Waals surface area contributed by atoms with Crippen molar-refractivity contribution in [2.24, 2.45) is 0 Å². The van der Waals surface area contributed by atoms with Crippen molar-refractivity contribution in [2.75, 3.05) is 31.5 Å². The van der Waals surface area contributed by atoms with Gasteiger partial charge in [0, 0.05) is 26.2 Å². The van der Waals surface area contributed by atoms with Crippen LogP contribution in [0.15, 0.2) is 21.0 Å². The Bertz CT molecular complexity index is 722. The highest BCUT2D eigenvalue weighted by Crippen LogP contribution is 2.30. The van der Waals surface area contributed by atoms with Gasteiger partial charge < -0.3 is 14.6 Å². The van der Waals surface area contributed by atoms with Crippen molar-refractivity contribution in [1.29, 1.82) is 0 Å². The molecule has 0 saturated carbocycles. The fourth-order valence-electron chi connectivity index (χ4n) is 2.28. The lowest BCUT2D eigenvalue weighted by atomic mass is 10.4. The molecule has 3 heterocycles. The molecule has 25 heavy (non-hydrogen) atoms. The number of thiazole rings is 1. The average Bonchev–Trinajstić information content (AvgIpc) is 3.22. The Morgan fingerprint density at radius 2 is 2.12 bits per heavy atom. The standard InChI is InChI=1S/C15H23N5O2S2Si/c1-25(2,3)12-8-17-11(22-12)10-23-13-9-18-14(24-13)19-15(21)20-6-4-16-5-7-20/h8-9,16H,4-7,10H2,1-3H3,(H,18,19,21). The molecule has 10 heteroatoms. The Kier molecular flexibility index (Phi) is 5.82. The van der Waals surface area contributed by atoms with Gasteiger partial charge in [-0.1, -0.05) is 31.0 Å². The first-order valence-electron chi connectivity index (χ1n) is 8.22. The molecule has 0 aromatic carbocycles. The minimum atomic E-state index is -1.46. The first-order valence-corrected chi connectivity index (χ1v) is 13.5. The molecule has 1 saturated heterocycles. The van der Waals surface area contributed by atoms with E-state index >= 15 is 0 Å². The molecule has 0 atom stereocenters. The van der Waals surface area contributed by atoms with Crippen LogP contribution in [0.2, 0.25) is 19.6 Å². The second-order valence-electron chi connectivity index (χ2n) is 6.81. The van der Waals surface area contributed by atoms with E-state index in [2.05, 4.69) is 40.2 Å². The average molecular weight is 398 g/mol. The van der Waals surface area contributed by atoms with Gasteiger partial charge in [-0.2, -0.15) is 0 Å². The molecule has 0 unspecified atom stereocenters. The lowest BCUT2D eigenvalue weighted by Crippen LogP contribution is -2.48. The Morgan fingerprint density at radius 3 is 2.80 bits per heavy atom. The first kappa shape index (κ1) is 18.4. The number of hydrogen-bond acceptors (Lipinski definition) is 7. The third-order valence-corrected chi connectivity index (χ3v) is 7.53. The number of thioether (sulfide) groups is 1. The zero-order valence-electron chi connectivity index (χ0n) is 14.7. The van der Waals surface area contributed by atoms with Gasteiger partial charge in [-0.25, -0.2) is 14.8 Å². The van der Waals surface area contributed by atoms with Crippen molar-refractivity contribution in [2.45, 2.75) is 29.6 Å². The molecule has 0 aliphatic carbocycles. The maximum absolute atomic E-state index is 12.2. The van der Waals surface area contributed by atoms with Crippen LogP contribution in [0.5, 0.6) is 0 Å². The Balaban J connectivity index is 1.51. The second-order valence-corrected chi connectivity index (χ2v) is 14.1. The fraction of sp³-hybridized carbons (Fsp3) is 0.533. The van der Waals surface area contributed by atoms with Crippen molar-refractivity contribution in [3.05, 3.63) is 18.3 Å². The molecule has 2 aromatic heterocycles. The topological polar surface area (TPSA) is 83.3 Å². The highest BCUT2D eigenvalue weighted by Gasteiger charge is 2.22. The van der Waals surface area contributed by atoms with Crippen molar-refractivity contribution in [3.63, 3.8) is 0 Å². The van der Waals surface area contributed by atoms with Gasteiger partial charge in [0.1, 0.15) is 13.5 Å². The van der Waals surface area contributed by atoms with E-state index in [1.165, 1.54) is 11.3 Å². The summed E-state index contributed by atoms with van der Waals surface area (Å²) in [4.78, 5) is 22.6. The van der Waals surface area contributed by atoms with E-state index in [0.717, 1.165) is 41.7 Å². The minimum absolute atomic E-state index is 0.0834. The van der Waals surface area contributed by atoms with Crippen LogP contribution in [0.3, 0.4) is 0 Å². The molecule has 7 nitrogen and oxygen atoms in total. The van der Waals surface area contributed by atoms with Crippen LogP contribution in [0.4, 0.5) is 9.93 Å². The summed E-state index contributed by atoms with van der Waals surface area (Å²) >= 11 is 3.09. The van der Waals surface area contributed by atoms with E-state index in [-0.39, 0.29) is 6.03 Å². The van der Waals surface area contributed by atoms with Crippen LogP contribution in [-0.4, -0.2) is 55.2 Å². The highest BCUT2D eigenvalue weighted by atomic mass is 32.2. The van der Waals surface area contributed by atoms with Gasteiger partial charge >= 0.3 is 6.03 Å². The normalized spacial score (nSPS) is 15.4.